The van der Waals surface area contributed by atoms with E-state index in [0.717, 1.165) is 12.8 Å². The fraction of sp³-hybridized carbons (Fsp3) is 1.00. The Bertz CT molecular complexity index is 307. The maximum atomic E-state index is 10.5. The van der Waals surface area contributed by atoms with Crippen LogP contribution >= 0.6 is 7.82 Å². The average Bonchev–Trinajstić information content (AvgIpc) is 2.52. The third-order valence-electron chi connectivity index (χ3n) is 3.89. The lowest BCUT2D eigenvalue weighted by Crippen LogP contribution is -2.21. The molecule has 0 saturated carbocycles. The summed E-state index contributed by atoms with van der Waals surface area (Å²) in [5.74, 6) is 0. The van der Waals surface area contributed by atoms with Crippen molar-refractivity contribution in [3.05, 3.63) is 0 Å². The van der Waals surface area contributed by atoms with Gasteiger partial charge in [0, 0.05) is 6.61 Å². The average molecular weight is 368 g/mol. The van der Waals surface area contributed by atoms with E-state index in [2.05, 4.69) is 11.4 Å². The summed E-state index contributed by atoms with van der Waals surface area (Å²) in [5, 5.41) is 9.41. The summed E-state index contributed by atoms with van der Waals surface area (Å²) in [6.45, 7) is 2.43. The summed E-state index contributed by atoms with van der Waals surface area (Å²) < 4.78 is 19.9. The van der Waals surface area contributed by atoms with Gasteiger partial charge in [-0.05, 0) is 6.42 Å². The van der Waals surface area contributed by atoms with E-state index in [1.165, 1.54) is 64.2 Å². The van der Waals surface area contributed by atoms with Crippen LogP contribution in [-0.4, -0.2) is 40.8 Å². The number of aliphatic hydroxyl groups excluding tert-OH is 1. The standard InChI is InChI=1S/C17H37O6P/c1-2-3-4-5-6-7-8-9-10-11-12-13-14-22-15-17(18)16-23-24(19,20)21/h17-18H,2-16H2,1H3,(H2,19,20,21). The summed E-state index contributed by atoms with van der Waals surface area (Å²) >= 11 is 0. The van der Waals surface area contributed by atoms with Gasteiger partial charge in [-0.15, -0.1) is 0 Å². The molecule has 0 aliphatic carbocycles. The zero-order valence-electron chi connectivity index (χ0n) is 15.2. The van der Waals surface area contributed by atoms with Gasteiger partial charge in [-0.25, -0.2) is 4.57 Å². The Balaban J connectivity index is 3.16. The van der Waals surface area contributed by atoms with E-state index in [4.69, 9.17) is 14.5 Å². The molecule has 0 fully saturated rings. The molecule has 146 valence electrons. The first-order chi connectivity index (χ1) is 11.5. The van der Waals surface area contributed by atoms with Crippen LogP contribution in [0.5, 0.6) is 0 Å². The molecule has 0 bridgehead atoms. The maximum absolute atomic E-state index is 10.5. The molecule has 3 N–H and O–H groups in total. The Morgan fingerprint density at radius 3 is 1.71 bits per heavy atom. The highest BCUT2D eigenvalue weighted by Crippen LogP contribution is 2.35. The Labute approximate surface area is 147 Å². The summed E-state index contributed by atoms with van der Waals surface area (Å²) in [4.78, 5) is 17.0. The summed E-state index contributed by atoms with van der Waals surface area (Å²) in [6, 6.07) is 0. The van der Waals surface area contributed by atoms with Crippen LogP contribution in [0.2, 0.25) is 0 Å². The van der Waals surface area contributed by atoms with Gasteiger partial charge in [-0.3, -0.25) is 4.52 Å². The molecule has 0 amide bonds. The fourth-order valence-electron chi connectivity index (χ4n) is 2.50. The first kappa shape index (κ1) is 24.0. The van der Waals surface area contributed by atoms with Crippen molar-refractivity contribution in [2.45, 2.75) is 90.1 Å². The molecule has 0 radical (unpaired) electrons. The SMILES string of the molecule is CCCCCCCCCCCCCCOCC(O)COP(=O)(O)O. The molecule has 24 heavy (non-hydrogen) atoms. The molecule has 1 unspecified atom stereocenters. The number of aliphatic hydroxyl groups is 1. The number of phosphoric ester groups is 1. The summed E-state index contributed by atoms with van der Waals surface area (Å²) in [7, 11) is -4.51. The molecule has 0 saturated heterocycles. The van der Waals surface area contributed by atoms with Gasteiger partial charge in [0.05, 0.1) is 13.2 Å². The first-order valence-corrected chi connectivity index (χ1v) is 10.9. The van der Waals surface area contributed by atoms with Crippen LogP contribution in [0.25, 0.3) is 0 Å². The van der Waals surface area contributed by atoms with Crippen molar-refractivity contribution < 1.29 is 28.7 Å². The van der Waals surface area contributed by atoms with E-state index in [-0.39, 0.29) is 6.61 Å². The van der Waals surface area contributed by atoms with Gasteiger partial charge in [-0.1, -0.05) is 77.6 Å². The van der Waals surface area contributed by atoms with Gasteiger partial charge in [0.1, 0.15) is 6.10 Å². The number of unbranched alkanes of at least 4 members (excludes halogenated alkanes) is 11. The number of ether oxygens (including phenoxy) is 1. The number of phosphoric acid groups is 1. The zero-order chi connectivity index (χ0) is 18.1. The van der Waals surface area contributed by atoms with Crippen molar-refractivity contribution in [2.75, 3.05) is 19.8 Å². The van der Waals surface area contributed by atoms with Gasteiger partial charge in [0.25, 0.3) is 0 Å². The molecule has 0 heterocycles. The van der Waals surface area contributed by atoms with E-state index >= 15 is 0 Å². The van der Waals surface area contributed by atoms with Gasteiger partial charge < -0.3 is 19.6 Å². The lowest BCUT2D eigenvalue weighted by Gasteiger charge is -2.12. The number of hydrogen-bond donors (Lipinski definition) is 3. The van der Waals surface area contributed by atoms with E-state index < -0.39 is 20.5 Å². The van der Waals surface area contributed by atoms with Gasteiger partial charge >= 0.3 is 7.82 Å². The molecule has 0 aliphatic rings. The van der Waals surface area contributed by atoms with E-state index in [9.17, 15) is 9.67 Å². The molecule has 7 heteroatoms. The van der Waals surface area contributed by atoms with Crippen molar-refractivity contribution in [3.8, 4) is 0 Å². The fourth-order valence-corrected chi connectivity index (χ4v) is 2.86. The molecular weight excluding hydrogens is 331 g/mol. The van der Waals surface area contributed by atoms with E-state index in [0.29, 0.717) is 6.61 Å². The smallest absolute Gasteiger partial charge is 0.388 e. The molecule has 0 spiro atoms. The highest BCUT2D eigenvalue weighted by Gasteiger charge is 2.16. The Hall–Kier alpha value is 0.0300. The van der Waals surface area contributed by atoms with Crippen molar-refractivity contribution in [2.24, 2.45) is 0 Å². The second-order valence-electron chi connectivity index (χ2n) is 6.40. The molecule has 0 rings (SSSR count). The van der Waals surface area contributed by atoms with Gasteiger partial charge in [0.15, 0.2) is 0 Å². The van der Waals surface area contributed by atoms with Gasteiger partial charge in [-0.2, -0.15) is 0 Å². The minimum atomic E-state index is -4.51. The molecule has 0 aromatic carbocycles. The molecule has 1 atom stereocenters. The van der Waals surface area contributed by atoms with Crippen LogP contribution in [0.4, 0.5) is 0 Å². The molecule has 0 aliphatic heterocycles. The van der Waals surface area contributed by atoms with Crippen LogP contribution in [0.3, 0.4) is 0 Å². The van der Waals surface area contributed by atoms with Gasteiger partial charge in [0.2, 0.25) is 0 Å². The highest BCUT2D eigenvalue weighted by molar-refractivity contribution is 7.46. The maximum Gasteiger partial charge on any atom is 0.469 e. The minimum absolute atomic E-state index is 0.0397. The highest BCUT2D eigenvalue weighted by atomic mass is 31.2. The van der Waals surface area contributed by atoms with Crippen LogP contribution in [0.15, 0.2) is 0 Å². The Morgan fingerprint density at radius 1 is 0.792 bits per heavy atom. The predicted molar refractivity (Wildman–Crippen MR) is 95.9 cm³/mol. The van der Waals surface area contributed by atoms with E-state index in [1.54, 1.807) is 0 Å². The van der Waals surface area contributed by atoms with E-state index in [1.807, 2.05) is 0 Å². The quantitative estimate of drug-likeness (QED) is 0.248. The second kappa shape index (κ2) is 16.5. The first-order valence-electron chi connectivity index (χ1n) is 9.41. The summed E-state index contributed by atoms with van der Waals surface area (Å²) in [5.41, 5.74) is 0. The van der Waals surface area contributed by atoms with Crippen LogP contribution in [0.1, 0.15) is 84.0 Å². The van der Waals surface area contributed by atoms with Crippen LogP contribution < -0.4 is 0 Å². The molecule has 0 aromatic heterocycles. The van der Waals surface area contributed by atoms with Crippen molar-refractivity contribution in [1.29, 1.82) is 0 Å². The zero-order valence-corrected chi connectivity index (χ0v) is 16.1. The topological polar surface area (TPSA) is 96.2 Å². The van der Waals surface area contributed by atoms with Crippen molar-refractivity contribution in [3.63, 3.8) is 0 Å². The third kappa shape index (κ3) is 20.1. The minimum Gasteiger partial charge on any atom is -0.388 e. The normalized spacial score (nSPS) is 13.3. The Kier molecular flexibility index (Phi) is 16.5. The monoisotopic (exact) mass is 368 g/mol. The molecular formula is C17H37O6P. The number of rotatable bonds is 18. The summed E-state index contributed by atoms with van der Waals surface area (Å²) in [6.07, 6.45) is 14.4. The van der Waals surface area contributed by atoms with Crippen molar-refractivity contribution in [1.82, 2.24) is 0 Å². The predicted octanol–water partition coefficient (Wildman–Crippen LogP) is 4.17. The molecule has 6 nitrogen and oxygen atoms in total. The lowest BCUT2D eigenvalue weighted by molar-refractivity contribution is 0.00476. The second-order valence-corrected chi connectivity index (χ2v) is 7.64. The van der Waals surface area contributed by atoms with Crippen molar-refractivity contribution >= 4 is 7.82 Å². The lowest BCUT2D eigenvalue weighted by atomic mass is 10.1. The Morgan fingerprint density at radius 2 is 1.25 bits per heavy atom. The van der Waals surface area contributed by atoms with Crippen LogP contribution in [0, 0.1) is 0 Å². The largest absolute Gasteiger partial charge is 0.469 e. The molecule has 0 aromatic rings. The number of hydrogen-bond acceptors (Lipinski definition) is 4. The third-order valence-corrected chi connectivity index (χ3v) is 4.37. The van der Waals surface area contributed by atoms with Crippen LogP contribution in [-0.2, 0) is 13.8 Å².